The molecule has 2 nitrogen and oxygen atoms in total. The van der Waals surface area contributed by atoms with Gasteiger partial charge in [-0.25, -0.2) is 0 Å². The van der Waals surface area contributed by atoms with Crippen LogP contribution in [0.25, 0.3) is 0 Å². The Bertz CT molecular complexity index is 492. The minimum atomic E-state index is -1.49. The lowest BCUT2D eigenvalue weighted by atomic mass is 10.2. The van der Waals surface area contributed by atoms with E-state index in [9.17, 15) is 0 Å². The molecular weight excluding hydrogens is 324 g/mol. The Morgan fingerprint density at radius 1 is 1.24 bits per heavy atom. The lowest BCUT2D eigenvalue weighted by molar-refractivity contribution is -0.161. The van der Waals surface area contributed by atoms with Crippen molar-refractivity contribution in [3.63, 3.8) is 0 Å². The predicted molar refractivity (Wildman–Crippen MR) is 110 cm³/mol. The van der Waals surface area contributed by atoms with Gasteiger partial charge in [-0.05, 0) is 37.6 Å². The van der Waals surface area contributed by atoms with Crippen LogP contribution >= 0.6 is 0 Å². The summed E-state index contributed by atoms with van der Waals surface area (Å²) in [6.07, 6.45) is 13.2. The zero-order chi connectivity index (χ0) is 18.0. The smallest absolute Gasteiger partial charge is 0.157 e. The second-order valence-corrected chi connectivity index (χ2v) is 12.5. The van der Waals surface area contributed by atoms with Crippen molar-refractivity contribution in [1.29, 1.82) is 0 Å². The molecule has 1 aromatic carbocycles. The van der Waals surface area contributed by atoms with Gasteiger partial charge in [0, 0.05) is 6.61 Å². The molecule has 1 aromatic rings. The minimum absolute atomic E-state index is 0.0353. The molecule has 0 saturated carbocycles. The average molecular weight is 361 g/mol. The Labute approximate surface area is 155 Å². The summed E-state index contributed by atoms with van der Waals surface area (Å²) in [4.78, 5) is 0. The van der Waals surface area contributed by atoms with E-state index in [1.807, 2.05) is 0 Å². The highest BCUT2D eigenvalue weighted by Crippen LogP contribution is 2.29. The number of rotatable bonds is 10. The van der Waals surface area contributed by atoms with Crippen LogP contribution in [0.2, 0.25) is 18.6 Å². The normalized spacial score (nSPS) is 20.0. The van der Waals surface area contributed by atoms with Crippen molar-refractivity contribution in [2.75, 3.05) is 13.2 Å². The largest absolute Gasteiger partial charge is 0.353 e. The molecule has 1 fully saturated rings. The SMILES string of the molecule is CCCCC(/C=C/CCOC1CCCCO1)[Si](C)(C)c1ccccc1. The fourth-order valence-corrected chi connectivity index (χ4v) is 6.60. The first-order valence-corrected chi connectivity index (χ1v) is 13.2. The zero-order valence-electron chi connectivity index (χ0n) is 16.4. The van der Waals surface area contributed by atoms with Crippen molar-refractivity contribution < 1.29 is 9.47 Å². The van der Waals surface area contributed by atoms with Crippen LogP contribution in [0.1, 0.15) is 51.9 Å². The number of ether oxygens (including phenoxy) is 2. The van der Waals surface area contributed by atoms with Crippen LogP contribution in [0.4, 0.5) is 0 Å². The maximum atomic E-state index is 5.85. The molecule has 0 spiro atoms. The van der Waals surface area contributed by atoms with Crippen LogP contribution in [-0.2, 0) is 9.47 Å². The Kier molecular flexibility index (Phi) is 8.94. The monoisotopic (exact) mass is 360 g/mol. The predicted octanol–water partition coefficient (Wildman–Crippen LogP) is 5.65. The third-order valence-corrected chi connectivity index (χ3v) is 9.56. The van der Waals surface area contributed by atoms with Crippen molar-refractivity contribution in [3.8, 4) is 0 Å². The first-order chi connectivity index (χ1) is 12.1. The molecule has 3 heteroatoms. The summed E-state index contributed by atoms with van der Waals surface area (Å²) >= 11 is 0. The van der Waals surface area contributed by atoms with Gasteiger partial charge in [-0.1, -0.05) is 80.5 Å². The molecule has 1 saturated heterocycles. The highest BCUT2D eigenvalue weighted by molar-refractivity contribution is 6.91. The zero-order valence-corrected chi connectivity index (χ0v) is 17.4. The summed E-state index contributed by atoms with van der Waals surface area (Å²) in [5.74, 6) is 0. The maximum Gasteiger partial charge on any atom is 0.157 e. The summed E-state index contributed by atoms with van der Waals surface area (Å²) in [5, 5.41) is 1.56. The van der Waals surface area contributed by atoms with Gasteiger partial charge < -0.3 is 9.47 Å². The van der Waals surface area contributed by atoms with E-state index in [0.717, 1.165) is 26.1 Å². The van der Waals surface area contributed by atoms with Crippen LogP contribution in [0.3, 0.4) is 0 Å². The first-order valence-electron chi connectivity index (χ1n) is 10.1. The van der Waals surface area contributed by atoms with Gasteiger partial charge in [0.2, 0.25) is 0 Å². The molecule has 2 rings (SSSR count). The quantitative estimate of drug-likeness (QED) is 0.305. The van der Waals surface area contributed by atoms with Crippen molar-refractivity contribution >= 4 is 13.3 Å². The molecule has 1 heterocycles. The Morgan fingerprint density at radius 2 is 2.04 bits per heavy atom. The second kappa shape index (κ2) is 10.9. The van der Waals surface area contributed by atoms with E-state index in [2.05, 4.69) is 62.5 Å². The molecule has 25 heavy (non-hydrogen) atoms. The molecule has 2 unspecified atom stereocenters. The van der Waals surface area contributed by atoms with Crippen molar-refractivity contribution in [2.24, 2.45) is 0 Å². The first kappa shape index (κ1) is 20.4. The van der Waals surface area contributed by atoms with Gasteiger partial charge >= 0.3 is 0 Å². The van der Waals surface area contributed by atoms with E-state index in [0.29, 0.717) is 5.54 Å². The van der Waals surface area contributed by atoms with Crippen LogP contribution in [0, 0.1) is 0 Å². The fraction of sp³-hybridized carbons (Fsp3) is 0.636. The van der Waals surface area contributed by atoms with E-state index in [4.69, 9.17) is 9.47 Å². The van der Waals surface area contributed by atoms with Gasteiger partial charge in [0.05, 0.1) is 14.7 Å². The summed E-state index contributed by atoms with van der Waals surface area (Å²) in [5.41, 5.74) is 0.695. The molecule has 0 aromatic heterocycles. The van der Waals surface area contributed by atoms with Crippen LogP contribution < -0.4 is 5.19 Å². The van der Waals surface area contributed by atoms with Crippen LogP contribution in [0.15, 0.2) is 42.5 Å². The topological polar surface area (TPSA) is 18.5 Å². The molecule has 0 amide bonds. The third-order valence-electron chi connectivity index (χ3n) is 5.41. The number of hydrogen-bond donors (Lipinski definition) is 0. The van der Waals surface area contributed by atoms with Crippen molar-refractivity contribution in [1.82, 2.24) is 0 Å². The summed E-state index contributed by atoms with van der Waals surface area (Å²) in [7, 11) is -1.49. The van der Waals surface area contributed by atoms with Gasteiger partial charge in [0.25, 0.3) is 0 Å². The number of benzene rings is 1. The molecule has 0 radical (unpaired) electrons. The molecule has 1 aliphatic rings. The maximum absolute atomic E-state index is 5.85. The number of allylic oxidation sites excluding steroid dienone is 1. The van der Waals surface area contributed by atoms with E-state index < -0.39 is 8.07 Å². The van der Waals surface area contributed by atoms with E-state index in [-0.39, 0.29) is 6.29 Å². The van der Waals surface area contributed by atoms with Gasteiger partial charge in [-0.2, -0.15) is 0 Å². The van der Waals surface area contributed by atoms with Gasteiger partial charge in [-0.3, -0.25) is 0 Å². The highest BCUT2D eigenvalue weighted by atomic mass is 28.3. The molecule has 1 aliphatic heterocycles. The molecule has 0 N–H and O–H groups in total. The van der Waals surface area contributed by atoms with Gasteiger partial charge in [0.1, 0.15) is 0 Å². The van der Waals surface area contributed by atoms with Crippen LogP contribution in [0.5, 0.6) is 0 Å². The standard InChI is InChI=1S/C22H36O2Si/c1-4-5-13-20(25(2,3)21-14-7-6-8-15-21)16-9-11-18-23-22-17-10-12-19-24-22/h6-9,14-16,20,22H,4-5,10-13,17-19H2,1-3H3/b16-9+. The van der Waals surface area contributed by atoms with E-state index in [1.165, 1.54) is 32.1 Å². The molecule has 0 aliphatic carbocycles. The number of hydrogen-bond acceptors (Lipinski definition) is 2. The lowest BCUT2D eigenvalue weighted by Gasteiger charge is -2.31. The molecule has 2 atom stereocenters. The van der Waals surface area contributed by atoms with E-state index in [1.54, 1.807) is 5.19 Å². The summed E-state index contributed by atoms with van der Waals surface area (Å²) in [6.45, 7) is 8.94. The van der Waals surface area contributed by atoms with E-state index >= 15 is 0 Å². The fourth-order valence-electron chi connectivity index (χ4n) is 3.57. The minimum Gasteiger partial charge on any atom is -0.353 e. The summed E-state index contributed by atoms with van der Waals surface area (Å²) in [6, 6.07) is 11.1. The Morgan fingerprint density at radius 3 is 2.72 bits per heavy atom. The van der Waals surface area contributed by atoms with Gasteiger partial charge in [0.15, 0.2) is 6.29 Å². The highest BCUT2D eigenvalue weighted by Gasteiger charge is 2.31. The Balaban J connectivity index is 1.87. The average Bonchev–Trinajstić information content (AvgIpc) is 2.65. The molecule has 140 valence electrons. The van der Waals surface area contributed by atoms with Crippen molar-refractivity contribution in [2.45, 2.75) is 76.8 Å². The lowest BCUT2D eigenvalue weighted by Crippen LogP contribution is -2.45. The van der Waals surface area contributed by atoms with Crippen molar-refractivity contribution in [3.05, 3.63) is 42.5 Å². The van der Waals surface area contributed by atoms with Crippen LogP contribution in [-0.4, -0.2) is 27.6 Å². The molecule has 0 bridgehead atoms. The summed E-state index contributed by atoms with van der Waals surface area (Å²) < 4.78 is 11.5. The second-order valence-electron chi connectivity index (χ2n) is 7.72. The number of unbranched alkanes of at least 4 members (excludes halogenated alkanes) is 1. The third kappa shape index (κ3) is 6.73. The van der Waals surface area contributed by atoms with Gasteiger partial charge in [-0.15, -0.1) is 0 Å². The molecular formula is C22H36O2Si. The Hall–Kier alpha value is -0.903.